The van der Waals surface area contributed by atoms with Gasteiger partial charge in [0.15, 0.2) is 0 Å². The lowest BCUT2D eigenvalue weighted by Gasteiger charge is -2.48. The first kappa shape index (κ1) is 13.1. The molecule has 0 bridgehead atoms. The average molecular weight is 227 g/mol. The van der Waals surface area contributed by atoms with Crippen molar-refractivity contribution in [2.45, 2.75) is 58.0 Å². The lowest BCUT2D eigenvalue weighted by molar-refractivity contribution is -0.275. The van der Waals surface area contributed by atoms with E-state index in [9.17, 15) is 10.0 Å². The van der Waals surface area contributed by atoms with Crippen LogP contribution in [0.15, 0.2) is 5.16 Å². The maximum atomic E-state index is 12.3. The molecule has 1 fully saturated rings. The van der Waals surface area contributed by atoms with E-state index in [1.165, 1.54) is 0 Å². The first-order chi connectivity index (χ1) is 7.35. The summed E-state index contributed by atoms with van der Waals surface area (Å²) in [5, 5.41) is 25.0. The van der Waals surface area contributed by atoms with Crippen molar-refractivity contribution in [3.63, 3.8) is 0 Å². The molecular weight excluding hydrogens is 208 g/mol. The largest absolute Gasteiger partial charge is 0.411 e. The molecule has 1 radical (unpaired) electrons. The quantitative estimate of drug-likeness (QED) is 0.577. The van der Waals surface area contributed by atoms with Crippen molar-refractivity contribution in [2.75, 3.05) is 0 Å². The van der Waals surface area contributed by atoms with E-state index in [4.69, 9.17) is 5.21 Å². The summed E-state index contributed by atoms with van der Waals surface area (Å²) in [6, 6.07) is 0. The second kappa shape index (κ2) is 4.14. The van der Waals surface area contributed by atoms with E-state index in [-0.39, 0.29) is 17.9 Å². The van der Waals surface area contributed by atoms with Crippen molar-refractivity contribution < 1.29 is 15.2 Å². The summed E-state index contributed by atoms with van der Waals surface area (Å²) in [6.07, 6.45) is 1.22. The van der Waals surface area contributed by atoms with Crippen molar-refractivity contribution in [3.05, 3.63) is 0 Å². The maximum Gasteiger partial charge on any atom is 0.202 e. The van der Waals surface area contributed by atoms with E-state index >= 15 is 0 Å². The number of hydrogen-bond donors (Lipinski definition) is 1. The zero-order chi connectivity index (χ0) is 12.6. The summed E-state index contributed by atoms with van der Waals surface area (Å²) < 4.78 is 0. The van der Waals surface area contributed by atoms with Crippen molar-refractivity contribution in [2.24, 2.45) is 5.16 Å². The molecule has 0 aromatic carbocycles. The molecule has 2 atom stereocenters. The molecule has 1 aliphatic rings. The third-order valence-corrected chi connectivity index (χ3v) is 3.81. The molecule has 1 rings (SSSR count). The normalized spacial score (nSPS) is 39.3. The van der Waals surface area contributed by atoms with Gasteiger partial charge in [-0.2, -0.15) is 0 Å². The van der Waals surface area contributed by atoms with Gasteiger partial charge in [0.05, 0.1) is 5.54 Å². The van der Waals surface area contributed by atoms with Gasteiger partial charge in [0, 0.05) is 6.42 Å². The average Bonchev–Trinajstić information content (AvgIpc) is 2.31. The van der Waals surface area contributed by atoms with Gasteiger partial charge in [0.1, 0.15) is 11.3 Å². The zero-order valence-electron chi connectivity index (χ0n) is 10.3. The molecule has 0 aromatic rings. The van der Waals surface area contributed by atoms with E-state index in [1.54, 1.807) is 20.8 Å². The van der Waals surface area contributed by atoms with E-state index in [1.807, 2.05) is 6.92 Å². The number of ketones is 1. The highest BCUT2D eigenvalue weighted by atomic mass is 16.5. The van der Waals surface area contributed by atoms with Crippen molar-refractivity contribution in [3.8, 4) is 0 Å². The standard InChI is InChI=1S/C11H19N2O3/c1-5-10(3)7-8(12-15)9(14)11(4,6-2)13(10)16/h15H,5-7H2,1-4H3/b12-8-. The first-order valence-electron chi connectivity index (χ1n) is 5.59. The molecule has 0 aliphatic carbocycles. The van der Waals surface area contributed by atoms with Gasteiger partial charge in [-0.15, -0.1) is 10.3 Å². The monoisotopic (exact) mass is 227 g/mol. The van der Waals surface area contributed by atoms with E-state index in [0.29, 0.717) is 12.8 Å². The first-order valence-corrected chi connectivity index (χ1v) is 5.59. The molecule has 0 saturated carbocycles. The van der Waals surface area contributed by atoms with Crippen LogP contribution in [-0.2, 0) is 10.0 Å². The van der Waals surface area contributed by atoms with Crippen molar-refractivity contribution >= 4 is 11.5 Å². The van der Waals surface area contributed by atoms with Crippen LogP contribution in [0.3, 0.4) is 0 Å². The van der Waals surface area contributed by atoms with E-state index < -0.39 is 11.1 Å². The van der Waals surface area contributed by atoms with Crippen LogP contribution in [0.5, 0.6) is 0 Å². The summed E-state index contributed by atoms with van der Waals surface area (Å²) in [5.74, 6) is -0.363. The molecule has 91 valence electrons. The summed E-state index contributed by atoms with van der Waals surface area (Å²) in [4.78, 5) is 12.0. The van der Waals surface area contributed by atoms with Crippen LogP contribution in [-0.4, -0.2) is 32.8 Å². The molecule has 1 aliphatic heterocycles. The number of hydroxylamine groups is 2. The van der Waals surface area contributed by atoms with Gasteiger partial charge in [-0.05, 0) is 26.7 Å². The Morgan fingerprint density at radius 3 is 2.31 bits per heavy atom. The number of oxime groups is 1. The number of carbonyl (C=O) groups excluding carboxylic acids is 1. The number of nitrogens with zero attached hydrogens (tertiary/aromatic N) is 2. The lowest BCUT2D eigenvalue weighted by atomic mass is 9.75. The summed E-state index contributed by atoms with van der Waals surface area (Å²) in [5.41, 5.74) is -1.66. The van der Waals surface area contributed by atoms with Gasteiger partial charge >= 0.3 is 0 Å². The highest BCUT2D eigenvalue weighted by Crippen LogP contribution is 2.37. The molecule has 0 aromatic heterocycles. The Bertz CT molecular complexity index is 329. The van der Waals surface area contributed by atoms with Gasteiger partial charge in [0.25, 0.3) is 0 Å². The second-order valence-corrected chi connectivity index (χ2v) is 4.82. The Morgan fingerprint density at radius 2 is 1.94 bits per heavy atom. The predicted molar refractivity (Wildman–Crippen MR) is 58.8 cm³/mol. The fourth-order valence-electron chi connectivity index (χ4n) is 2.17. The van der Waals surface area contributed by atoms with Crippen molar-refractivity contribution in [1.82, 2.24) is 5.06 Å². The van der Waals surface area contributed by atoms with Gasteiger partial charge in [-0.3, -0.25) is 4.79 Å². The molecule has 2 unspecified atom stereocenters. The van der Waals surface area contributed by atoms with Crippen molar-refractivity contribution in [1.29, 1.82) is 0 Å². The Labute approximate surface area is 95.7 Å². The predicted octanol–water partition coefficient (Wildman–Crippen LogP) is 1.77. The van der Waals surface area contributed by atoms with Crippen LogP contribution in [0.25, 0.3) is 0 Å². The summed E-state index contributed by atoms with van der Waals surface area (Å²) in [7, 11) is 0. The molecule has 1 heterocycles. The zero-order valence-corrected chi connectivity index (χ0v) is 10.3. The minimum atomic E-state index is -1.11. The van der Waals surface area contributed by atoms with Crippen LogP contribution in [0, 0.1) is 0 Å². The minimum absolute atomic E-state index is 0.112. The number of hydrogen-bond acceptors (Lipinski definition) is 4. The molecule has 0 spiro atoms. The van der Waals surface area contributed by atoms with Crippen LogP contribution < -0.4 is 0 Å². The number of rotatable bonds is 2. The van der Waals surface area contributed by atoms with Crippen LogP contribution in [0.2, 0.25) is 0 Å². The number of Topliss-reactive ketones (excluding diaryl/α,β-unsaturated/α-hetero) is 1. The Kier molecular flexibility index (Phi) is 3.40. The summed E-state index contributed by atoms with van der Waals surface area (Å²) >= 11 is 0. The molecule has 16 heavy (non-hydrogen) atoms. The van der Waals surface area contributed by atoms with E-state index in [0.717, 1.165) is 5.06 Å². The summed E-state index contributed by atoms with van der Waals surface area (Å²) in [6.45, 7) is 7.09. The third kappa shape index (κ3) is 1.64. The molecule has 1 N–H and O–H groups in total. The second-order valence-electron chi connectivity index (χ2n) is 4.82. The van der Waals surface area contributed by atoms with Crippen LogP contribution >= 0.6 is 0 Å². The molecule has 5 nitrogen and oxygen atoms in total. The lowest BCUT2D eigenvalue weighted by Crippen LogP contribution is -2.66. The van der Waals surface area contributed by atoms with Gasteiger partial charge in [-0.1, -0.05) is 19.0 Å². The van der Waals surface area contributed by atoms with Crippen LogP contribution in [0.1, 0.15) is 47.0 Å². The topological polar surface area (TPSA) is 72.8 Å². The Balaban J connectivity index is 3.24. The number of carbonyl (C=O) groups is 1. The number of piperidine rings is 1. The highest BCUT2D eigenvalue weighted by Gasteiger charge is 2.54. The smallest absolute Gasteiger partial charge is 0.202 e. The van der Waals surface area contributed by atoms with E-state index in [2.05, 4.69) is 5.16 Å². The van der Waals surface area contributed by atoms with Gasteiger partial charge in [0.2, 0.25) is 5.78 Å². The third-order valence-electron chi connectivity index (χ3n) is 3.81. The van der Waals surface area contributed by atoms with Crippen LogP contribution in [0.4, 0.5) is 0 Å². The van der Waals surface area contributed by atoms with Gasteiger partial charge in [-0.25, -0.2) is 0 Å². The molecule has 5 heteroatoms. The molecule has 0 amide bonds. The van der Waals surface area contributed by atoms with Gasteiger partial charge < -0.3 is 5.21 Å². The fourth-order valence-corrected chi connectivity index (χ4v) is 2.17. The SMILES string of the molecule is CCC1(C)C/C(=N/O)C(=O)C(C)(CC)N1[O]. The maximum absolute atomic E-state index is 12.3. The highest BCUT2D eigenvalue weighted by molar-refractivity contribution is 6.43. The Morgan fingerprint density at radius 1 is 1.38 bits per heavy atom. The molecular formula is C11H19N2O3. The Hall–Kier alpha value is -0.940. The fraction of sp³-hybridized carbons (Fsp3) is 0.818. The molecule has 1 saturated heterocycles. The minimum Gasteiger partial charge on any atom is -0.411 e.